The Morgan fingerprint density at radius 2 is 0.633 bits per heavy atom. The predicted molar refractivity (Wildman–Crippen MR) is 133 cm³/mol. The van der Waals surface area contributed by atoms with Crippen LogP contribution in [-0.2, 0) is 26.2 Å². The molecule has 0 bridgehead atoms. The average molecular weight is 530 g/mol. The van der Waals surface area contributed by atoms with Crippen LogP contribution in [0.3, 0.4) is 0 Å². The van der Waals surface area contributed by atoms with Crippen molar-refractivity contribution in [3.63, 3.8) is 0 Å². The summed E-state index contributed by atoms with van der Waals surface area (Å²) in [5, 5.41) is 25.1. The summed E-state index contributed by atoms with van der Waals surface area (Å²) in [6, 6.07) is 3.22. The molecule has 0 amide bonds. The third-order valence-electron chi connectivity index (χ3n) is 4.14. The zero-order chi connectivity index (χ0) is 24.2. The molecule has 6 heteroatoms. The minimum atomic E-state index is -1.94. The van der Waals surface area contributed by atoms with Gasteiger partial charge in [0, 0.05) is 26.2 Å². The standard InChI is InChI=1S/C12H28OSi.3C4H10O.Zr/c1-10(2)7-14(13,8-11(3)4)9-12(5)6;3*1-3-4(2)5;/h10-13H,7-9H2,1-6H3;3*4-5H,3H2,1-2H3;. The molecule has 0 saturated heterocycles. The van der Waals surface area contributed by atoms with Crippen LogP contribution in [0.4, 0.5) is 0 Å². The van der Waals surface area contributed by atoms with E-state index >= 15 is 0 Å². The zero-order valence-corrected chi connectivity index (χ0v) is 26.0. The van der Waals surface area contributed by atoms with E-state index in [-0.39, 0.29) is 44.5 Å². The van der Waals surface area contributed by atoms with Gasteiger partial charge >= 0.3 is 0 Å². The van der Waals surface area contributed by atoms with Gasteiger partial charge in [-0.15, -0.1) is 0 Å². The van der Waals surface area contributed by atoms with Crippen LogP contribution in [0.2, 0.25) is 18.1 Å². The van der Waals surface area contributed by atoms with E-state index in [2.05, 4.69) is 41.5 Å². The average Bonchev–Trinajstić information content (AvgIpc) is 2.53. The molecular weight excluding hydrogens is 472 g/mol. The molecule has 4 N–H and O–H groups in total. The van der Waals surface area contributed by atoms with E-state index in [9.17, 15) is 4.80 Å². The molecule has 0 fully saturated rings. The first-order valence-electron chi connectivity index (χ1n) is 11.8. The SMILES string of the molecule is CC(C)C[Si](O)(CC(C)C)CC(C)C.CCC(C)O.CCC(C)O.CCC(C)O.[Zr]. The molecular formula is C24H58O4SiZr. The first-order chi connectivity index (χ1) is 13.1. The summed E-state index contributed by atoms with van der Waals surface area (Å²) in [5.74, 6) is 1.93. The van der Waals surface area contributed by atoms with Crippen LogP contribution >= 0.6 is 0 Å². The second-order valence-corrected chi connectivity index (χ2v) is 13.5. The molecule has 0 aromatic rings. The minimum Gasteiger partial charge on any atom is -0.432 e. The molecule has 4 nitrogen and oxygen atoms in total. The maximum absolute atomic E-state index is 10.7. The van der Waals surface area contributed by atoms with Gasteiger partial charge in [0.2, 0.25) is 0 Å². The van der Waals surface area contributed by atoms with Gasteiger partial charge in [-0.3, -0.25) is 0 Å². The summed E-state index contributed by atoms with van der Waals surface area (Å²) in [5.41, 5.74) is 0. The van der Waals surface area contributed by atoms with Gasteiger partial charge in [0.15, 0.2) is 8.32 Å². The van der Waals surface area contributed by atoms with Crippen molar-refractivity contribution in [1.29, 1.82) is 0 Å². The molecule has 0 spiro atoms. The van der Waals surface area contributed by atoms with E-state index in [4.69, 9.17) is 15.3 Å². The quantitative estimate of drug-likeness (QED) is 0.267. The molecule has 0 aromatic carbocycles. The Labute approximate surface area is 210 Å². The van der Waals surface area contributed by atoms with Crippen molar-refractivity contribution in [1.82, 2.24) is 0 Å². The molecule has 0 heterocycles. The van der Waals surface area contributed by atoms with Crippen LogP contribution in [0.1, 0.15) is 102 Å². The van der Waals surface area contributed by atoms with Crippen LogP contribution in [0.5, 0.6) is 0 Å². The fourth-order valence-corrected chi connectivity index (χ4v) is 7.59. The number of aliphatic hydroxyl groups excluding tert-OH is 3. The minimum absolute atomic E-state index is 0. The Kier molecular flexibility index (Phi) is 36.0. The van der Waals surface area contributed by atoms with E-state index < -0.39 is 8.32 Å². The van der Waals surface area contributed by atoms with Crippen molar-refractivity contribution in [2.75, 3.05) is 0 Å². The van der Waals surface area contributed by atoms with E-state index in [1.807, 2.05) is 20.8 Å². The molecule has 0 rings (SSSR count). The molecule has 0 saturated carbocycles. The number of hydrogen-bond acceptors (Lipinski definition) is 4. The summed E-state index contributed by atoms with van der Waals surface area (Å²) < 4.78 is 0. The topological polar surface area (TPSA) is 80.9 Å². The Morgan fingerprint density at radius 1 is 0.500 bits per heavy atom. The number of rotatable bonds is 9. The second-order valence-electron chi connectivity index (χ2n) is 9.79. The normalized spacial score (nSPS) is 13.7. The molecule has 0 radical (unpaired) electrons. The van der Waals surface area contributed by atoms with Crippen molar-refractivity contribution < 1.29 is 46.3 Å². The van der Waals surface area contributed by atoms with Crippen LogP contribution < -0.4 is 0 Å². The smallest absolute Gasteiger partial charge is 0.189 e. The second kappa shape index (κ2) is 26.2. The monoisotopic (exact) mass is 528 g/mol. The van der Waals surface area contributed by atoms with Crippen LogP contribution in [0.25, 0.3) is 0 Å². The number of hydrogen-bond donors (Lipinski definition) is 4. The van der Waals surface area contributed by atoms with Gasteiger partial charge < -0.3 is 20.1 Å². The molecule has 186 valence electrons. The molecule has 30 heavy (non-hydrogen) atoms. The largest absolute Gasteiger partial charge is 0.432 e. The number of aliphatic hydroxyl groups is 3. The van der Waals surface area contributed by atoms with E-state index in [0.717, 1.165) is 37.4 Å². The van der Waals surface area contributed by atoms with Crippen LogP contribution in [0.15, 0.2) is 0 Å². The van der Waals surface area contributed by atoms with Crippen LogP contribution in [0, 0.1) is 17.8 Å². The summed E-state index contributed by atoms with van der Waals surface area (Å²) >= 11 is 0. The summed E-state index contributed by atoms with van der Waals surface area (Å²) in [6.07, 6.45) is 2.24. The van der Waals surface area contributed by atoms with Crippen molar-refractivity contribution in [2.24, 2.45) is 17.8 Å². The van der Waals surface area contributed by atoms with E-state index in [0.29, 0.717) is 17.8 Å². The van der Waals surface area contributed by atoms with Crippen molar-refractivity contribution in [3.8, 4) is 0 Å². The maximum Gasteiger partial charge on any atom is 0.189 e. The van der Waals surface area contributed by atoms with Gasteiger partial charge in [-0.05, 0) is 75.9 Å². The Balaban J connectivity index is -0.000000108. The molecule has 0 aliphatic carbocycles. The van der Waals surface area contributed by atoms with E-state index in [1.54, 1.807) is 20.8 Å². The van der Waals surface area contributed by atoms with Crippen LogP contribution in [-0.4, -0.2) is 46.7 Å². The van der Waals surface area contributed by atoms with Gasteiger partial charge in [-0.2, -0.15) is 0 Å². The van der Waals surface area contributed by atoms with Gasteiger partial charge in [0.25, 0.3) is 0 Å². The molecule has 0 aliphatic rings. The first-order valence-corrected chi connectivity index (χ1v) is 14.4. The molecule has 0 aliphatic heterocycles. The first kappa shape index (κ1) is 41.2. The Bertz CT molecular complexity index is 264. The van der Waals surface area contributed by atoms with Crippen molar-refractivity contribution >= 4 is 8.32 Å². The van der Waals surface area contributed by atoms with Crippen molar-refractivity contribution in [2.45, 2.75) is 139 Å². The Hall–Kier alpha value is 0.940. The summed E-state index contributed by atoms with van der Waals surface area (Å²) in [4.78, 5) is 10.7. The third-order valence-corrected chi connectivity index (χ3v) is 8.87. The fraction of sp³-hybridized carbons (Fsp3) is 1.00. The van der Waals surface area contributed by atoms with Gasteiger partial charge in [-0.25, -0.2) is 0 Å². The van der Waals surface area contributed by atoms with Crippen molar-refractivity contribution in [3.05, 3.63) is 0 Å². The molecule has 0 aromatic heterocycles. The summed E-state index contributed by atoms with van der Waals surface area (Å²) in [6.45, 7) is 24.5. The zero-order valence-electron chi connectivity index (χ0n) is 22.5. The van der Waals surface area contributed by atoms with E-state index in [1.165, 1.54) is 0 Å². The molecule has 3 atom stereocenters. The van der Waals surface area contributed by atoms with Gasteiger partial charge in [0.1, 0.15) is 0 Å². The Morgan fingerprint density at radius 3 is 0.700 bits per heavy atom. The third kappa shape index (κ3) is 46.9. The molecule has 3 unspecified atom stereocenters. The summed E-state index contributed by atoms with van der Waals surface area (Å²) in [7, 11) is -1.94. The predicted octanol–water partition coefficient (Wildman–Crippen LogP) is 6.22. The van der Waals surface area contributed by atoms with Gasteiger partial charge in [-0.1, -0.05) is 62.3 Å². The fourth-order valence-electron chi connectivity index (χ4n) is 2.53. The van der Waals surface area contributed by atoms with Gasteiger partial charge in [0.05, 0.1) is 18.3 Å². The maximum atomic E-state index is 10.7.